The summed E-state index contributed by atoms with van der Waals surface area (Å²) in [5.74, 6) is -1.35. The van der Waals surface area contributed by atoms with Gasteiger partial charge in [-0.3, -0.25) is 4.79 Å². The molecule has 14 heavy (non-hydrogen) atoms. The lowest BCUT2D eigenvalue weighted by molar-refractivity contribution is -0.478. The van der Waals surface area contributed by atoms with E-state index in [1.54, 1.807) is 24.3 Å². The molecule has 0 aromatic rings. The van der Waals surface area contributed by atoms with Crippen LogP contribution in [-0.2, 0) is 4.79 Å². The summed E-state index contributed by atoms with van der Waals surface area (Å²) in [4.78, 5) is 10.9. The smallest absolute Gasteiger partial charge is 0.372 e. The van der Waals surface area contributed by atoms with Crippen LogP contribution in [0.3, 0.4) is 0 Å². The standard InChI is InChI=1S/C8H9N3O3/c9-7(12)8-10(13)5-3-1-2-4-6(5)11(8)14/h1-6,13H,(H2,9,12). The van der Waals surface area contributed by atoms with Gasteiger partial charge in [0.1, 0.15) is 0 Å². The third-order valence-corrected chi connectivity index (χ3v) is 2.28. The number of hydroxylamine groups is 3. The predicted octanol–water partition coefficient (Wildman–Crippen LogP) is -1.05. The van der Waals surface area contributed by atoms with Crippen LogP contribution in [0.4, 0.5) is 0 Å². The van der Waals surface area contributed by atoms with Gasteiger partial charge in [-0.1, -0.05) is 12.2 Å². The van der Waals surface area contributed by atoms with E-state index in [1.165, 1.54) is 0 Å². The Morgan fingerprint density at radius 3 is 2.79 bits per heavy atom. The zero-order chi connectivity index (χ0) is 10.3. The highest BCUT2D eigenvalue weighted by Gasteiger charge is 2.46. The van der Waals surface area contributed by atoms with Gasteiger partial charge in [0.05, 0.1) is 0 Å². The Hall–Kier alpha value is -1.82. The van der Waals surface area contributed by atoms with Gasteiger partial charge in [-0.25, -0.2) is 9.95 Å². The summed E-state index contributed by atoms with van der Waals surface area (Å²) in [5, 5.41) is 21.6. The Kier molecular flexibility index (Phi) is 1.78. The Morgan fingerprint density at radius 2 is 2.21 bits per heavy atom. The zero-order valence-electron chi connectivity index (χ0n) is 7.20. The SMILES string of the molecule is NC(=O)C1=[N+]([O-])C2C=CC=CC2N1O. The van der Waals surface area contributed by atoms with Crippen molar-refractivity contribution in [1.29, 1.82) is 0 Å². The van der Waals surface area contributed by atoms with Crippen molar-refractivity contribution < 1.29 is 14.7 Å². The van der Waals surface area contributed by atoms with E-state index in [0.29, 0.717) is 9.80 Å². The quantitative estimate of drug-likeness (QED) is 0.412. The number of rotatable bonds is 1. The monoisotopic (exact) mass is 195 g/mol. The van der Waals surface area contributed by atoms with Crippen molar-refractivity contribution in [2.24, 2.45) is 5.73 Å². The molecule has 74 valence electrons. The highest BCUT2D eigenvalue weighted by Crippen LogP contribution is 2.20. The number of hydrogen-bond donors (Lipinski definition) is 2. The highest BCUT2D eigenvalue weighted by molar-refractivity contribution is 6.35. The molecule has 6 nitrogen and oxygen atoms in total. The van der Waals surface area contributed by atoms with Gasteiger partial charge in [0, 0.05) is 0 Å². The molecule has 1 heterocycles. The summed E-state index contributed by atoms with van der Waals surface area (Å²) in [7, 11) is 0. The number of allylic oxidation sites excluding steroid dienone is 2. The Balaban J connectivity index is 2.43. The van der Waals surface area contributed by atoms with Crippen LogP contribution in [0.5, 0.6) is 0 Å². The molecule has 2 rings (SSSR count). The minimum absolute atomic E-state index is 0.420. The second-order valence-electron chi connectivity index (χ2n) is 3.11. The number of fused-ring (bicyclic) bond motifs is 1. The summed E-state index contributed by atoms with van der Waals surface area (Å²) in [6.07, 6.45) is 6.62. The number of primary amides is 1. The van der Waals surface area contributed by atoms with Crippen molar-refractivity contribution in [3.63, 3.8) is 0 Å². The zero-order valence-corrected chi connectivity index (χ0v) is 7.20. The lowest BCUT2D eigenvalue weighted by atomic mass is 10.1. The molecule has 3 N–H and O–H groups in total. The van der Waals surface area contributed by atoms with Crippen LogP contribution < -0.4 is 5.73 Å². The molecule has 1 aliphatic carbocycles. The van der Waals surface area contributed by atoms with Crippen molar-refractivity contribution >= 4 is 11.7 Å². The lowest BCUT2D eigenvalue weighted by Gasteiger charge is -2.16. The van der Waals surface area contributed by atoms with Gasteiger partial charge in [0.25, 0.3) is 0 Å². The van der Waals surface area contributed by atoms with Crippen LogP contribution >= 0.6 is 0 Å². The summed E-state index contributed by atoms with van der Waals surface area (Å²) in [5.41, 5.74) is 4.97. The number of amides is 1. The fourth-order valence-corrected chi connectivity index (χ4v) is 1.63. The molecule has 0 saturated carbocycles. The Labute approximate surface area is 79.8 Å². The molecule has 0 aromatic carbocycles. The normalized spacial score (nSPS) is 29.6. The molecule has 2 unspecified atom stereocenters. The number of hydrogen-bond acceptors (Lipinski definition) is 4. The average Bonchev–Trinajstić information content (AvgIpc) is 2.41. The third kappa shape index (κ3) is 1.01. The molecule has 1 amide bonds. The molecule has 0 spiro atoms. The molecule has 0 aromatic heterocycles. The second-order valence-corrected chi connectivity index (χ2v) is 3.11. The fraction of sp³-hybridized carbons (Fsp3) is 0.250. The van der Waals surface area contributed by atoms with E-state index >= 15 is 0 Å². The van der Waals surface area contributed by atoms with Gasteiger partial charge in [-0.2, -0.15) is 0 Å². The molecule has 0 radical (unpaired) electrons. The summed E-state index contributed by atoms with van der Waals surface area (Å²) >= 11 is 0. The van der Waals surface area contributed by atoms with Crippen molar-refractivity contribution in [2.45, 2.75) is 12.1 Å². The van der Waals surface area contributed by atoms with E-state index in [-0.39, 0.29) is 0 Å². The van der Waals surface area contributed by atoms with Gasteiger partial charge in [0.15, 0.2) is 12.1 Å². The van der Waals surface area contributed by atoms with Gasteiger partial charge in [-0.15, -0.1) is 5.06 Å². The highest BCUT2D eigenvalue weighted by atomic mass is 16.5. The molecule has 6 heteroatoms. The fourth-order valence-electron chi connectivity index (χ4n) is 1.63. The van der Waals surface area contributed by atoms with E-state index in [4.69, 9.17) is 5.73 Å². The van der Waals surface area contributed by atoms with Gasteiger partial charge in [-0.05, 0) is 12.2 Å². The minimum Gasteiger partial charge on any atom is -0.714 e. The van der Waals surface area contributed by atoms with E-state index in [0.717, 1.165) is 0 Å². The summed E-state index contributed by atoms with van der Waals surface area (Å²) in [6.45, 7) is 0. The molecule has 0 bridgehead atoms. The van der Waals surface area contributed by atoms with Crippen molar-refractivity contribution in [3.05, 3.63) is 29.5 Å². The first kappa shape index (κ1) is 8.76. The van der Waals surface area contributed by atoms with Crippen LogP contribution in [0.15, 0.2) is 24.3 Å². The second kappa shape index (κ2) is 2.85. The van der Waals surface area contributed by atoms with Crippen LogP contribution in [0.25, 0.3) is 0 Å². The first-order chi connectivity index (χ1) is 6.63. The molecule has 1 aliphatic heterocycles. The minimum atomic E-state index is -0.932. The molecular weight excluding hydrogens is 186 g/mol. The Morgan fingerprint density at radius 1 is 1.57 bits per heavy atom. The lowest BCUT2D eigenvalue weighted by Crippen LogP contribution is -2.41. The number of nitrogens with zero attached hydrogens (tertiary/aromatic N) is 2. The number of carbonyl (C=O) groups is 1. The van der Waals surface area contributed by atoms with E-state index in [2.05, 4.69) is 0 Å². The first-order valence-electron chi connectivity index (χ1n) is 4.09. The first-order valence-corrected chi connectivity index (χ1v) is 4.09. The van der Waals surface area contributed by atoms with E-state index in [1.807, 2.05) is 0 Å². The molecule has 2 aliphatic rings. The van der Waals surface area contributed by atoms with Crippen LogP contribution in [0.1, 0.15) is 0 Å². The van der Waals surface area contributed by atoms with Crippen molar-refractivity contribution in [2.75, 3.05) is 0 Å². The van der Waals surface area contributed by atoms with Gasteiger partial charge >= 0.3 is 11.7 Å². The maximum atomic E-state index is 11.5. The summed E-state index contributed by atoms with van der Waals surface area (Å²) in [6, 6.07) is -1.10. The molecule has 0 saturated heterocycles. The van der Waals surface area contributed by atoms with Crippen molar-refractivity contribution in [1.82, 2.24) is 5.06 Å². The maximum Gasteiger partial charge on any atom is 0.372 e. The maximum absolute atomic E-state index is 11.5. The van der Waals surface area contributed by atoms with E-state index < -0.39 is 23.8 Å². The molecule has 2 atom stereocenters. The number of amidine groups is 1. The van der Waals surface area contributed by atoms with E-state index in [9.17, 15) is 15.2 Å². The van der Waals surface area contributed by atoms with Crippen LogP contribution in [0, 0.1) is 5.21 Å². The van der Waals surface area contributed by atoms with Gasteiger partial charge < -0.3 is 10.9 Å². The van der Waals surface area contributed by atoms with Crippen LogP contribution in [0.2, 0.25) is 0 Å². The van der Waals surface area contributed by atoms with Crippen molar-refractivity contribution in [3.8, 4) is 0 Å². The topological polar surface area (TPSA) is 92.6 Å². The van der Waals surface area contributed by atoms with Gasteiger partial charge in [0.2, 0.25) is 0 Å². The third-order valence-electron chi connectivity index (χ3n) is 2.28. The number of carbonyl (C=O) groups excluding carboxylic acids is 1. The number of nitrogens with two attached hydrogens (primary N) is 1. The average molecular weight is 195 g/mol. The Bertz CT molecular complexity index is 372. The largest absolute Gasteiger partial charge is 0.714 e. The van der Waals surface area contributed by atoms with Crippen LogP contribution in [-0.4, -0.2) is 38.8 Å². The summed E-state index contributed by atoms with van der Waals surface area (Å²) < 4.78 is 0.424. The molecular formula is C8H9N3O3. The predicted molar refractivity (Wildman–Crippen MR) is 47.3 cm³/mol. The molecule has 0 fully saturated rings.